The molecule has 11 heavy (non-hydrogen) atoms. The van der Waals surface area contributed by atoms with E-state index in [2.05, 4.69) is 32.4 Å². The van der Waals surface area contributed by atoms with Crippen molar-refractivity contribution in [2.45, 2.75) is 32.7 Å². The molecule has 0 unspecified atom stereocenters. The molecule has 1 rings (SSSR count). The van der Waals surface area contributed by atoms with Crippen LogP contribution in [0.25, 0.3) is 0 Å². The molecule has 0 radical (unpaired) electrons. The third kappa shape index (κ3) is 3.06. The first-order chi connectivity index (χ1) is 5.33. The Labute approximate surface area is 75.8 Å². The van der Waals surface area contributed by atoms with E-state index in [1.807, 2.05) is 12.5 Å². The highest BCUT2D eigenvalue weighted by Gasteiger charge is 1.92. The van der Waals surface area contributed by atoms with Gasteiger partial charge in [0.1, 0.15) is 4.60 Å². The largest absolute Gasteiger partial charge is 0.336 e. The van der Waals surface area contributed by atoms with Crippen molar-refractivity contribution >= 4 is 15.9 Å². The second kappa shape index (κ2) is 4.54. The number of rotatable bonds is 4. The van der Waals surface area contributed by atoms with Crippen molar-refractivity contribution in [2.75, 3.05) is 0 Å². The van der Waals surface area contributed by atoms with Gasteiger partial charge in [-0.1, -0.05) is 19.8 Å². The van der Waals surface area contributed by atoms with E-state index in [0.29, 0.717) is 0 Å². The minimum atomic E-state index is 0.925. The average Bonchev–Trinajstić information content (AvgIpc) is 2.37. The highest BCUT2D eigenvalue weighted by atomic mass is 79.9. The molecule has 0 aromatic carbocycles. The second-order valence-corrected chi connectivity index (χ2v) is 3.45. The highest BCUT2D eigenvalue weighted by molar-refractivity contribution is 9.10. The van der Waals surface area contributed by atoms with Gasteiger partial charge in [-0.2, -0.15) is 0 Å². The van der Waals surface area contributed by atoms with E-state index in [9.17, 15) is 0 Å². The summed E-state index contributed by atoms with van der Waals surface area (Å²) in [6.45, 7) is 3.30. The van der Waals surface area contributed by atoms with Crippen LogP contribution in [0.2, 0.25) is 0 Å². The summed E-state index contributed by atoms with van der Waals surface area (Å²) in [7, 11) is 0. The topological polar surface area (TPSA) is 17.8 Å². The number of hydrogen-bond donors (Lipinski definition) is 0. The Morgan fingerprint density at radius 3 is 2.91 bits per heavy atom. The van der Waals surface area contributed by atoms with E-state index in [1.54, 1.807) is 0 Å². The molecule has 3 heteroatoms. The van der Waals surface area contributed by atoms with Gasteiger partial charge >= 0.3 is 0 Å². The maximum absolute atomic E-state index is 4.07. The van der Waals surface area contributed by atoms with Crippen molar-refractivity contribution in [3.63, 3.8) is 0 Å². The SMILES string of the molecule is CCCCCn1cnc(Br)c1. The molecule has 0 spiro atoms. The molecular formula is C8H13BrN2. The quantitative estimate of drug-likeness (QED) is 0.709. The van der Waals surface area contributed by atoms with Crippen LogP contribution < -0.4 is 0 Å². The van der Waals surface area contributed by atoms with Gasteiger partial charge in [0, 0.05) is 12.7 Å². The minimum absolute atomic E-state index is 0.925. The summed E-state index contributed by atoms with van der Waals surface area (Å²) in [5.74, 6) is 0. The van der Waals surface area contributed by atoms with Gasteiger partial charge in [-0.25, -0.2) is 4.98 Å². The number of aryl methyl sites for hydroxylation is 1. The highest BCUT2D eigenvalue weighted by Crippen LogP contribution is 2.05. The maximum atomic E-state index is 4.07. The van der Waals surface area contributed by atoms with Crippen LogP contribution >= 0.6 is 15.9 Å². The molecule has 0 atom stereocenters. The molecule has 0 aliphatic heterocycles. The van der Waals surface area contributed by atoms with Gasteiger partial charge in [-0.3, -0.25) is 0 Å². The molecule has 1 aromatic heterocycles. The van der Waals surface area contributed by atoms with Gasteiger partial charge < -0.3 is 4.57 Å². The minimum Gasteiger partial charge on any atom is -0.336 e. The summed E-state index contributed by atoms with van der Waals surface area (Å²) in [6, 6.07) is 0. The van der Waals surface area contributed by atoms with Crippen molar-refractivity contribution in [1.29, 1.82) is 0 Å². The van der Waals surface area contributed by atoms with Crippen LogP contribution in [0.3, 0.4) is 0 Å². The molecule has 0 aliphatic rings. The fourth-order valence-electron chi connectivity index (χ4n) is 0.999. The lowest BCUT2D eigenvalue weighted by atomic mass is 10.2. The molecule has 0 N–H and O–H groups in total. The zero-order valence-electron chi connectivity index (χ0n) is 6.76. The van der Waals surface area contributed by atoms with E-state index in [1.165, 1.54) is 19.3 Å². The van der Waals surface area contributed by atoms with Crippen molar-refractivity contribution < 1.29 is 0 Å². The number of imidazole rings is 1. The standard InChI is InChI=1S/C8H13BrN2/c1-2-3-4-5-11-6-8(9)10-7-11/h6-7H,2-5H2,1H3. The Morgan fingerprint density at radius 2 is 2.36 bits per heavy atom. The Balaban J connectivity index is 2.27. The molecule has 0 aliphatic carbocycles. The smallest absolute Gasteiger partial charge is 0.124 e. The summed E-state index contributed by atoms with van der Waals surface area (Å²) >= 11 is 3.31. The van der Waals surface area contributed by atoms with Crippen LogP contribution in [-0.2, 0) is 6.54 Å². The molecule has 1 aromatic rings. The summed E-state index contributed by atoms with van der Waals surface area (Å²) < 4.78 is 3.04. The molecule has 1 heterocycles. The van der Waals surface area contributed by atoms with E-state index in [4.69, 9.17) is 0 Å². The fraction of sp³-hybridized carbons (Fsp3) is 0.625. The molecule has 2 nitrogen and oxygen atoms in total. The predicted octanol–water partition coefficient (Wildman–Crippen LogP) is 2.84. The van der Waals surface area contributed by atoms with Gasteiger partial charge in [-0.15, -0.1) is 0 Å². The summed E-state index contributed by atoms with van der Waals surface area (Å²) in [5, 5.41) is 0. The molecule has 62 valence electrons. The van der Waals surface area contributed by atoms with E-state index in [-0.39, 0.29) is 0 Å². The monoisotopic (exact) mass is 216 g/mol. The van der Waals surface area contributed by atoms with E-state index in [0.717, 1.165) is 11.1 Å². The lowest BCUT2D eigenvalue weighted by Crippen LogP contribution is -1.93. The van der Waals surface area contributed by atoms with Crippen molar-refractivity contribution in [1.82, 2.24) is 9.55 Å². The van der Waals surface area contributed by atoms with Gasteiger partial charge in [0.2, 0.25) is 0 Å². The number of aromatic nitrogens is 2. The molecule has 0 fully saturated rings. The summed E-state index contributed by atoms with van der Waals surface area (Å²) in [6.07, 6.45) is 7.69. The first kappa shape index (κ1) is 8.78. The fourth-order valence-corrected chi connectivity index (χ4v) is 1.35. The molecule has 0 amide bonds. The zero-order valence-corrected chi connectivity index (χ0v) is 8.34. The van der Waals surface area contributed by atoms with Crippen LogP contribution in [-0.4, -0.2) is 9.55 Å². The third-order valence-electron chi connectivity index (χ3n) is 1.62. The maximum Gasteiger partial charge on any atom is 0.124 e. The van der Waals surface area contributed by atoms with Crippen molar-refractivity contribution in [2.24, 2.45) is 0 Å². The first-order valence-corrected chi connectivity index (χ1v) is 4.79. The molecular weight excluding hydrogens is 204 g/mol. The lowest BCUT2D eigenvalue weighted by Gasteiger charge is -1.98. The summed E-state index contributed by atoms with van der Waals surface area (Å²) in [5.41, 5.74) is 0. The van der Waals surface area contributed by atoms with Crippen LogP contribution in [0.15, 0.2) is 17.1 Å². The van der Waals surface area contributed by atoms with Crippen molar-refractivity contribution in [3.05, 3.63) is 17.1 Å². The second-order valence-electron chi connectivity index (χ2n) is 2.64. The van der Waals surface area contributed by atoms with Gasteiger partial charge in [0.15, 0.2) is 0 Å². The van der Waals surface area contributed by atoms with Crippen LogP contribution in [0, 0.1) is 0 Å². The van der Waals surface area contributed by atoms with E-state index < -0.39 is 0 Å². The van der Waals surface area contributed by atoms with Crippen LogP contribution in [0.5, 0.6) is 0 Å². The van der Waals surface area contributed by atoms with Gasteiger partial charge in [0.25, 0.3) is 0 Å². The van der Waals surface area contributed by atoms with E-state index >= 15 is 0 Å². The Bertz CT molecular complexity index is 208. The first-order valence-electron chi connectivity index (χ1n) is 4.00. The number of halogens is 1. The molecule has 0 saturated heterocycles. The van der Waals surface area contributed by atoms with Crippen LogP contribution in [0.4, 0.5) is 0 Å². The zero-order chi connectivity index (χ0) is 8.10. The Hall–Kier alpha value is -0.310. The van der Waals surface area contributed by atoms with Crippen molar-refractivity contribution in [3.8, 4) is 0 Å². The normalized spacial score (nSPS) is 10.4. The number of nitrogens with zero attached hydrogens (tertiary/aromatic N) is 2. The average molecular weight is 217 g/mol. The van der Waals surface area contributed by atoms with Gasteiger partial charge in [-0.05, 0) is 22.4 Å². The number of unbranched alkanes of at least 4 members (excludes halogenated alkanes) is 2. The lowest BCUT2D eigenvalue weighted by molar-refractivity contribution is 0.602. The Kier molecular flexibility index (Phi) is 3.63. The number of hydrogen-bond acceptors (Lipinski definition) is 1. The predicted molar refractivity (Wildman–Crippen MR) is 49.5 cm³/mol. The molecule has 0 saturated carbocycles. The third-order valence-corrected chi connectivity index (χ3v) is 2.03. The Morgan fingerprint density at radius 1 is 1.55 bits per heavy atom. The van der Waals surface area contributed by atoms with Gasteiger partial charge in [0.05, 0.1) is 6.33 Å². The summed E-state index contributed by atoms with van der Waals surface area (Å²) in [4.78, 5) is 4.07. The molecule has 0 bridgehead atoms. The van der Waals surface area contributed by atoms with Crippen LogP contribution in [0.1, 0.15) is 26.2 Å².